The molecule has 0 saturated heterocycles. The van der Waals surface area contributed by atoms with Gasteiger partial charge in [-0.15, -0.1) is 0 Å². The second kappa shape index (κ2) is 7.77. The minimum Gasteiger partial charge on any atom is -0.469 e. The second-order valence-corrected chi connectivity index (χ2v) is 5.63. The Kier molecular flexibility index (Phi) is 5.73. The van der Waals surface area contributed by atoms with E-state index in [0.29, 0.717) is 18.5 Å². The van der Waals surface area contributed by atoms with Crippen LogP contribution >= 0.6 is 0 Å². The van der Waals surface area contributed by atoms with E-state index in [4.69, 9.17) is 0 Å². The number of ether oxygens (including phenoxy) is 1. The molecule has 1 aromatic carbocycles. The number of pyridine rings is 1. The molecule has 0 aliphatic rings. The molecule has 5 nitrogen and oxygen atoms in total. The first-order chi connectivity index (χ1) is 11.4. The first-order valence-electron chi connectivity index (χ1n) is 7.69. The molecule has 0 aliphatic carbocycles. The number of aryl methyl sites for hydroxylation is 2. The molecule has 24 heavy (non-hydrogen) atoms. The molecule has 2 rings (SSSR count). The predicted molar refractivity (Wildman–Crippen MR) is 90.2 cm³/mol. The quantitative estimate of drug-likeness (QED) is 0.823. The normalized spacial score (nSPS) is 10.5. The van der Waals surface area contributed by atoms with Crippen LogP contribution in [0.25, 0.3) is 0 Å². The largest absolute Gasteiger partial charge is 0.469 e. The number of aromatic nitrogens is 1. The van der Waals surface area contributed by atoms with Crippen molar-refractivity contribution in [3.8, 4) is 0 Å². The average molecular weight is 332 g/mol. The van der Waals surface area contributed by atoms with Crippen molar-refractivity contribution in [3.05, 3.63) is 68.9 Å². The molecule has 2 aromatic rings. The van der Waals surface area contributed by atoms with Crippen molar-refractivity contribution < 1.29 is 13.9 Å². The topological polar surface area (TPSA) is 60.3 Å². The van der Waals surface area contributed by atoms with Gasteiger partial charge >= 0.3 is 5.97 Å². The summed E-state index contributed by atoms with van der Waals surface area (Å²) in [6.45, 7) is 4.16. The maximum atomic E-state index is 13.3. The molecule has 128 valence electrons. The summed E-state index contributed by atoms with van der Waals surface area (Å²) >= 11 is 0. The number of halogens is 1. The lowest BCUT2D eigenvalue weighted by molar-refractivity contribution is -0.139. The van der Waals surface area contributed by atoms with Crippen LogP contribution in [0.1, 0.15) is 22.3 Å². The van der Waals surface area contributed by atoms with Gasteiger partial charge in [-0.2, -0.15) is 0 Å². The van der Waals surface area contributed by atoms with Crippen molar-refractivity contribution in [3.63, 3.8) is 0 Å². The molecule has 0 aliphatic heterocycles. The summed E-state index contributed by atoms with van der Waals surface area (Å²) in [5, 5.41) is 0. The van der Waals surface area contributed by atoms with Crippen LogP contribution in [0.2, 0.25) is 0 Å². The van der Waals surface area contributed by atoms with E-state index in [0.717, 1.165) is 16.7 Å². The summed E-state index contributed by atoms with van der Waals surface area (Å²) < 4.78 is 19.3. The number of carbonyl (C=O) groups is 1. The van der Waals surface area contributed by atoms with Gasteiger partial charge in [-0.3, -0.25) is 9.59 Å². The second-order valence-electron chi connectivity index (χ2n) is 5.63. The highest BCUT2D eigenvalue weighted by Crippen LogP contribution is 2.10. The van der Waals surface area contributed by atoms with Gasteiger partial charge < -0.3 is 10.2 Å². The lowest BCUT2D eigenvalue weighted by Crippen LogP contribution is -2.33. The van der Waals surface area contributed by atoms with Crippen molar-refractivity contribution in [2.75, 3.05) is 19.1 Å². The first kappa shape index (κ1) is 17.7. The maximum Gasteiger partial charge on any atom is 0.310 e. The summed E-state index contributed by atoms with van der Waals surface area (Å²) in [5.41, 5.74) is 5.74. The average Bonchev–Trinajstić information content (AvgIpc) is 2.56. The van der Waals surface area contributed by atoms with E-state index in [-0.39, 0.29) is 17.8 Å². The van der Waals surface area contributed by atoms with Gasteiger partial charge in [0, 0.05) is 18.3 Å². The van der Waals surface area contributed by atoms with Crippen LogP contribution in [-0.2, 0) is 22.4 Å². The van der Waals surface area contributed by atoms with Crippen molar-refractivity contribution in [1.29, 1.82) is 0 Å². The lowest BCUT2D eigenvalue weighted by Gasteiger charge is -2.13. The third kappa shape index (κ3) is 4.22. The molecule has 0 atom stereocenters. The molecule has 0 radical (unpaired) electrons. The molecule has 1 N–H and O–H groups in total. The standard InChI is InChI=1S/C18H21FN2O3/c1-12-4-5-15(19)10-14(12)6-8-20-21-9-7-13(2)16(18(21)23)11-17(22)24-3/h4-5,7,9-10,20H,6,8,11H2,1-3H3. The zero-order valence-electron chi connectivity index (χ0n) is 14.1. The number of nitrogens with one attached hydrogen (secondary N) is 1. The molecule has 0 unspecified atom stereocenters. The van der Waals surface area contributed by atoms with E-state index in [9.17, 15) is 14.0 Å². The highest BCUT2D eigenvalue weighted by Gasteiger charge is 2.12. The van der Waals surface area contributed by atoms with Crippen LogP contribution in [-0.4, -0.2) is 24.3 Å². The summed E-state index contributed by atoms with van der Waals surface area (Å²) in [6.07, 6.45) is 2.14. The van der Waals surface area contributed by atoms with Gasteiger partial charge in [0.2, 0.25) is 0 Å². The fourth-order valence-electron chi connectivity index (χ4n) is 2.45. The van der Waals surface area contributed by atoms with E-state index in [1.165, 1.54) is 23.9 Å². The molecule has 0 spiro atoms. The molecule has 0 amide bonds. The number of hydrogen-bond donors (Lipinski definition) is 1. The highest BCUT2D eigenvalue weighted by atomic mass is 19.1. The summed E-state index contributed by atoms with van der Waals surface area (Å²) in [7, 11) is 1.29. The summed E-state index contributed by atoms with van der Waals surface area (Å²) in [4.78, 5) is 23.9. The number of carbonyl (C=O) groups excluding carboxylic acids is 1. The number of hydrogen-bond acceptors (Lipinski definition) is 4. The Morgan fingerprint density at radius 1 is 1.25 bits per heavy atom. The third-order valence-corrected chi connectivity index (χ3v) is 3.96. The van der Waals surface area contributed by atoms with E-state index in [1.54, 1.807) is 25.3 Å². The highest BCUT2D eigenvalue weighted by molar-refractivity contribution is 5.72. The molecule has 0 bridgehead atoms. The number of benzene rings is 1. The summed E-state index contributed by atoms with van der Waals surface area (Å²) in [6, 6.07) is 6.42. The van der Waals surface area contributed by atoms with Crippen LogP contribution in [0.3, 0.4) is 0 Å². The van der Waals surface area contributed by atoms with Crippen molar-refractivity contribution >= 4 is 5.97 Å². The van der Waals surface area contributed by atoms with Crippen LogP contribution < -0.4 is 11.0 Å². The predicted octanol–water partition coefficient (Wildman–Crippen LogP) is 2.11. The van der Waals surface area contributed by atoms with Crippen molar-refractivity contribution in [2.24, 2.45) is 0 Å². The molecule has 6 heteroatoms. The Hall–Kier alpha value is -2.63. The van der Waals surface area contributed by atoms with Gasteiger partial charge in [0.05, 0.1) is 13.5 Å². The van der Waals surface area contributed by atoms with E-state index in [1.807, 2.05) is 6.92 Å². The Bertz CT molecular complexity index is 799. The van der Waals surface area contributed by atoms with Crippen molar-refractivity contribution in [1.82, 2.24) is 4.68 Å². The van der Waals surface area contributed by atoms with Gasteiger partial charge in [0.1, 0.15) is 5.82 Å². The molecule has 0 fully saturated rings. The lowest BCUT2D eigenvalue weighted by atomic mass is 10.1. The van der Waals surface area contributed by atoms with Gasteiger partial charge in [0.25, 0.3) is 5.56 Å². The maximum absolute atomic E-state index is 13.3. The van der Waals surface area contributed by atoms with Crippen LogP contribution in [0.4, 0.5) is 4.39 Å². The Balaban J connectivity index is 2.10. The van der Waals surface area contributed by atoms with Crippen LogP contribution in [0, 0.1) is 19.7 Å². The number of esters is 1. The van der Waals surface area contributed by atoms with E-state index < -0.39 is 5.97 Å². The van der Waals surface area contributed by atoms with Gasteiger partial charge in [-0.05, 0) is 55.2 Å². The SMILES string of the molecule is COC(=O)Cc1c(C)ccn(NCCc2cc(F)ccc2C)c1=O. The molecular formula is C18H21FN2O3. The molecular weight excluding hydrogens is 311 g/mol. The Morgan fingerprint density at radius 2 is 2.00 bits per heavy atom. The van der Waals surface area contributed by atoms with Gasteiger partial charge in [0.15, 0.2) is 0 Å². The van der Waals surface area contributed by atoms with E-state index >= 15 is 0 Å². The Labute approximate surface area is 140 Å². The van der Waals surface area contributed by atoms with Gasteiger partial charge in [-0.25, -0.2) is 9.07 Å². The van der Waals surface area contributed by atoms with Crippen molar-refractivity contribution in [2.45, 2.75) is 26.7 Å². The number of nitrogens with zero attached hydrogens (tertiary/aromatic N) is 1. The van der Waals surface area contributed by atoms with Crippen LogP contribution in [0.5, 0.6) is 0 Å². The summed E-state index contributed by atoms with van der Waals surface area (Å²) in [5.74, 6) is -0.730. The fraction of sp³-hybridized carbons (Fsp3) is 0.333. The zero-order chi connectivity index (χ0) is 17.7. The number of methoxy groups -OCH3 is 1. The Morgan fingerprint density at radius 3 is 2.71 bits per heavy atom. The fourth-order valence-corrected chi connectivity index (χ4v) is 2.45. The minimum absolute atomic E-state index is 0.0628. The van der Waals surface area contributed by atoms with Crippen LogP contribution in [0.15, 0.2) is 35.3 Å². The van der Waals surface area contributed by atoms with E-state index in [2.05, 4.69) is 10.2 Å². The zero-order valence-corrected chi connectivity index (χ0v) is 14.1. The first-order valence-corrected chi connectivity index (χ1v) is 7.69. The van der Waals surface area contributed by atoms with Gasteiger partial charge in [-0.1, -0.05) is 6.07 Å². The molecule has 0 saturated carbocycles. The third-order valence-electron chi connectivity index (χ3n) is 3.96. The minimum atomic E-state index is -0.455. The smallest absolute Gasteiger partial charge is 0.310 e. The molecule has 1 heterocycles. The number of rotatable bonds is 6. The monoisotopic (exact) mass is 332 g/mol. The molecule has 1 aromatic heterocycles.